The molecule has 0 saturated heterocycles. The minimum Gasteiger partial charge on any atom is -0.468 e. The Morgan fingerprint density at radius 1 is 1.38 bits per heavy atom. The van der Waals surface area contributed by atoms with Crippen LogP contribution in [0.15, 0.2) is 22.8 Å². The van der Waals surface area contributed by atoms with Crippen LogP contribution in [0.4, 0.5) is 0 Å². The molecule has 74 valence electrons. The van der Waals surface area contributed by atoms with E-state index >= 15 is 0 Å². The third kappa shape index (κ3) is 2.26. The van der Waals surface area contributed by atoms with Crippen LogP contribution < -0.4 is 5.73 Å². The van der Waals surface area contributed by atoms with Crippen LogP contribution in [0.25, 0.3) is 0 Å². The highest BCUT2D eigenvalue weighted by Crippen LogP contribution is 2.33. The van der Waals surface area contributed by atoms with E-state index in [-0.39, 0.29) is 18.4 Å². The summed E-state index contributed by atoms with van der Waals surface area (Å²) in [5.41, 5.74) is 6.05. The van der Waals surface area contributed by atoms with Gasteiger partial charge in [-0.15, -0.1) is 12.4 Å². The Bertz CT molecular complexity index is 229. The van der Waals surface area contributed by atoms with Gasteiger partial charge in [0.1, 0.15) is 5.76 Å². The smallest absolute Gasteiger partial charge is 0.120 e. The second kappa shape index (κ2) is 4.68. The van der Waals surface area contributed by atoms with Crippen molar-refractivity contribution in [3.05, 3.63) is 24.2 Å². The largest absolute Gasteiger partial charge is 0.468 e. The molecular formula is C10H16ClNO. The van der Waals surface area contributed by atoms with Crippen LogP contribution in [0.5, 0.6) is 0 Å². The molecule has 1 atom stereocenters. The van der Waals surface area contributed by atoms with Crippen LogP contribution in [0.2, 0.25) is 0 Å². The van der Waals surface area contributed by atoms with E-state index in [9.17, 15) is 0 Å². The molecule has 2 rings (SSSR count). The molecule has 1 aromatic rings. The predicted molar refractivity (Wildman–Crippen MR) is 54.8 cm³/mol. The Balaban J connectivity index is 0.000000845. The fourth-order valence-electron chi connectivity index (χ4n) is 2.03. The SMILES string of the molecule is Cl.N[C@@H](c1ccco1)C1CCCC1. The van der Waals surface area contributed by atoms with Gasteiger partial charge in [0, 0.05) is 0 Å². The van der Waals surface area contributed by atoms with Gasteiger partial charge in [-0.1, -0.05) is 12.8 Å². The summed E-state index contributed by atoms with van der Waals surface area (Å²) >= 11 is 0. The molecule has 1 aliphatic carbocycles. The van der Waals surface area contributed by atoms with Gasteiger partial charge in [0.05, 0.1) is 12.3 Å². The lowest BCUT2D eigenvalue weighted by Crippen LogP contribution is -2.18. The number of rotatable bonds is 2. The first kappa shape index (κ1) is 10.6. The van der Waals surface area contributed by atoms with Crippen LogP contribution in [0, 0.1) is 5.92 Å². The van der Waals surface area contributed by atoms with E-state index in [1.165, 1.54) is 25.7 Å². The molecule has 1 heterocycles. The Labute approximate surface area is 84.9 Å². The van der Waals surface area contributed by atoms with Gasteiger partial charge in [-0.3, -0.25) is 0 Å². The zero-order valence-corrected chi connectivity index (χ0v) is 8.43. The lowest BCUT2D eigenvalue weighted by molar-refractivity contribution is 0.369. The van der Waals surface area contributed by atoms with Crippen molar-refractivity contribution < 1.29 is 4.42 Å². The maximum absolute atomic E-state index is 6.05. The van der Waals surface area contributed by atoms with Crippen LogP contribution in [0.1, 0.15) is 37.5 Å². The van der Waals surface area contributed by atoms with Gasteiger partial charge in [-0.05, 0) is 30.9 Å². The molecule has 1 aromatic heterocycles. The van der Waals surface area contributed by atoms with E-state index in [1.54, 1.807) is 6.26 Å². The van der Waals surface area contributed by atoms with Gasteiger partial charge in [-0.25, -0.2) is 0 Å². The fourth-order valence-corrected chi connectivity index (χ4v) is 2.03. The van der Waals surface area contributed by atoms with E-state index in [1.807, 2.05) is 12.1 Å². The average molecular weight is 202 g/mol. The molecule has 0 aliphatic heterocycles. The van der Waals surface area contributed by atoms with E-state index in [4.69, 9.17) is 10.2 Å². The lowest BCUT2D eigenvalue weighted by Gasteiger charge is -2.15. The van der Waals surface area contributed by atoms with Crippen molar-refractivity contribution in [3.8, 4) is 0 Å². The summed E-state index contributed by atoms with van der Waals surface area (Å²) in [5.74, 6) is 1.60. The van der Waals surface area contributed by atoms with Gasteiger partial charge >= 0.3 is 0 Å². The highest BCUT2D eigenvalue weighted by molar-refractivity contribution is 5.85. The summed E-state index contributed by atoms with van der Waals surface area (Å²) in [7, 11) is 0. The molecule has 13 heavy (non-hydrogen) atoms. The van der Waals surface area contributed by atoms with Crippen molar-refractivity contribution in [2.45, 2.75) is 31.7 Å². The number of halogens is 1. The Morgan fingerprint density at radius 3 is 2.62 bits per heavy atom. The van der Waals surface area contributed by atoms with Crippen molar-refractivity contribution in [2.75, 3.05) is 0 Å². The number of furan rings is 1. The molecule has 0 amide bonds. The van der Waals surface area contributed by atoms with Gasteiger partial charge in [0.2, 0.25) is 0 Å². The summed E-state index contributed by atoms with van der Waals surface area (Å²) in [6.45, 7) is 0. The van der Waals surface area contributed by atoms with Gasteiger partial charge in [0.15, 0.2) is 0 Å². The Kier molecular flexibility index (Phi) is 3.82. The standard InChI is InChI=1S/C10H15NO.ClH/c11-10(8-4-1-2-5-8)9-6-3-7-12-9;/h3,6-8,10H,1-2,4-5,11H2;1H/t10-;/m1./s1. The molecule has 0 unspecified atom stereocenters. The maximum Gasteiger partial charge on any atom is 0.120 e. The molecule has 0 radical (unpaired) electrons. The molecule has 3 heteroatoms. The molecule has 1 aliphatic rings. The Hall–Kier alpha value is -0.470. The van der Waals surface area contributed by atoms with Crippen molar-refractivity contribution >= 4 is 12.4 Å². The maximum atomic E-state index is 6.05. The molecular weight excluding hydrogens is 186 g/mol. The van der Waals surface area contributed by atoms with E-state index in [0.717, 1.165) is 5.76 Å². The third-order valence-electron chi connectivity index (χ3n) is 2.78. The van der Waals surface area contributed by atoms with Crippen LogP contribution in [-0.4, -0.2) is 0 Å². The molecule has 1 saturated carbocycles. The predicted octanol–water partition coefficient (Wildman–Crippen LogP) is 2.89. The quantitative estimate of drug-likeness (QED) is 0.799. The minimum absolute atomic E-state index is 0. The number of nitrogens with two attached hydrogens (primary N) is 1. The zero-order chi connectivity index (χ0) is 8.39. The summed E-state index contributed by atoms with van der Waals surface area (Å²) < 4.78 is 5.28. The van der Waals surface area contributed by atoms with Crippen LogP contribution >= 0.6 is 12.4 Å². The first-order valence-electron chi connectivity index (χ1n) is 4.67. The molecule has 1 fully saturated rings. The fraction of sp³-hybridized carbons (Fsp3) is 0.600. The van der Waals surface area contributed by atoms with E-state index < -0.39 is 0 Å². The topological polar surface area (TPSA) is 39.2 Å². The van der Waals surface area contributed by atoms with Crippen molar-refractivity contribution in [3.63, 3.8) is 0 Å². The lowest BCUT2D eigenvalue weighted by atomic mass is 9.97. The number of hydrogen-bond acceptors (Lipinski definition) is 2. The minimum atomic E-state index is 0. The third-order valence-corrected chi connectivity index (χ3v) is 2.78. The zero-order valence-electron chi connectivity index (χ0n) is 7.61. The normalized spacial score (nSPS) is 19.8. The molecule has 0 spiro atoms. The summed E-state index contributed by atoms with van der Waals surface area (Å²) in [4.78, 5) is 0. The summed E-state index contributed by atoms with van der Waals surface area (Å²) in [6.07, 6.45) is 6.89. The molecule has 2 nitrogen and oxygen atoms in total. The average Bonchev–Trinajstić information content (AvgIpc) is 2.77. The molecule has 0 bridgehead atoms. The first-order valence-corrected chi connectivity index (χ1v) is 4.67. The number of hydrogen-bond donors (Lipinski definition) is 1. The summed E-state index contributed by atoms with van der Waals surface area (Å²) in [6, 6.07) is 4.01. The molecule has 0 aromatic carbocycles. The van der Waals surface area contributed by atoms with Crippen LogP contribution in [0.3, 0.4) is 0 Å². The van der Waals surface area contributed by atoms with E-state index in [0.29, 0.717) is 5.92 Å². The van der Waals surface area contributed by atoms with E-state index in [2.05, 4.69) is 0 Å². The van der Waals surface area contributed by atoms with Crippen LogP contribution in [-0.2, 0) is 0 Å². The van der Waals surface area contributed by atoms with Gasteiger partial charge in [0.25, 0.3) is 0 Å². The van der Waals surface area contributed by atoms with Crippen molar-refractivity contribution in [1.29, 1.82) is 0 Å². The van der Waals surface area contributed by atoms with Crippen molar-refractivity contribution in [2.24, 2.45) is 11.7 Å². The monoisotopic (exact) mass is 201 g/mol. The Morgan fingerprint density at radius 2 is 2.08 bits per heavy atom. The highest BCUT2D eigenvalue weighted by atomic mass is 35.5. The van der Waals surface area contributed by atoms with Crippen molar-refractivity contribution in [1.82, 2.24) is 0 Å². The first-order chi connectivity index (χ1) is 5.88. The second-order valence-electron chi connectivity index (χ2n) is 3.59. The van der Waals surface area contributed by atoms with Gasteiger partial charge < -0.3 is 10.2 Å². The van der Waals surface area contributed by atoms with Gasteiger partial charge in [-0.2, -0.15) is 0 Å². The second-order valence-corrected chi connectivity index (χ2v) is 3.59. The summed E-state index contributed by atoms with van der Waals surface area (Å²) in [5, 5.41) is 0. The highest BCUT2D eigenvalue weighted by Gasteiger charge is 2.24. The molecule has 2 N–H and O–H groups in total.